The van der Waals surface area contributed by atoms with Crippen molar-refractivity contribution < 1.29 is 9.18 Å². The minimum absolute atomic E-state index is 0.100. The summed E-state index contributed by atoms with van der Waals surface area (Å²) in [6.45, 7) is 2.68. The van der Waals surface area contributed by atoms with Crippen LogP contribution in [-0.2, 0) is 0 Å². The number of hydrogen-bond donors (Lipinski definition) is 0. The van der Waals surface area contributed by atoms with E-state index in [1.807, 2.05) is 24.3 Å². The van der Waals surface area contributed by atoms with E-state index in [1.165, 1.54) is 24.5 Å². The van der Waals surface area contributed by atoms with Crippen LogP contribution in [0.4, 0.5) is 10.1 Å². The van der Waals surface area contributed by atoms with Crippen LogP contribution >= 0.6 is 11.6 Å². The van der Waals surface area contributed by atoms with E-state index in [1.54, 1.807) is 17.0 Å². The summed E-state index contributed by atoms with van der Waals surface area (Å²) in [5.74, 6) is -0.0582. The maximum Gasteiger partial charge on any atom is 0.257 e. The van der Waals surface area contributed by atoms with Crippen LogP contribution in [0.5, 0.6) is 0 Å². The van der Waals surface area contributed by atoms with Gasteiger partial charge < -0.3 is 9.80 Å². The van der Waals surface area contributed by atoms with Crippen LogP contribution < -0.4 is 4.90 Å². The zero-order valence-electron chi connectivity index (χ0n) is 15.1. The summed E-state index contributed by atoms with van der Waals surface area (Å²) in [5, 5.41) is 0.701. The number of hydrogen-bond acceptors (Lipinski definition) is 4. The molecule has 4 rings (SSSR count). The fraction of sp³-hybridized carbons (Fsp3) is 0.190. The number of carbonyl (C=O) groups is 1. The Labute approximate surface area is 167 Å². The number of amides is 1. The zero-order valence-corrected chi connectivity index (χ0v) is 15.8. The molecule has 0 unspecified atom stereocenters. The third-order valence-electron chi connectivity index (χ3n) is 4.72. The van der Waals surface area contributed by atoms with E-state index < -0.39 is 0 Å². The van der Waals surface area contributed by atoms with Crippen molar-refractivity contribution in [3.8, 4) is 11.4 Å². The summed E-state index contributed by atoms with van der Waals surface area (Å²) in [6, 6.07) is 13.8. The highest BCUT2D eigenvalue weighted by Gasteiger charge is 2.23. The molecule has 1 fully saturated rings. The minimum atomic E-state index is -0.348. The number of piperazine rings is 1. The Morgan fingerprint density at radius 2 is 1.68 bits per heavy atom. The topological polar surface area (TPSA) is 49.3 Å². The maximum atomic E-state index is 13.4. The highest BCUT2D eigenvalue weighted by molar-refractivity contribution is 6.30. The van der Waals surface area contributed by atoms with Gasteiger partial charge in [-0.3, -0.25) is 4.79 Å². The fourth-order valence-electron chi connectivity index (χ4n) is 3.24. The summed E-state index contributed by atoms with van der Waals surface area (Å²) in [7, 11) is 0. The lowest BCUT2D eigenvalue weighted by Crippen LogP contribution is -2.48. The van der Waals surface area contributed by atoms with Crippen LogP contribution in [0.1, 0.15) is 10.4 Å². The molecular formula is C21H18ClFN4O. The van der Waals surface area contributed by atoms with Gasteiger partial charge in [-0.05, 0) is 30.3 Å². The first-order chi connectivity index (χ1) is 13.6. The van der Waals surface area contributed by atoms with Gasteiger partial charge in [-0.2, -0.15) is 0 Å². The molecule has 0 bridgehead atoms. The average Bonchev–Trinajstić information content (AvgIpc) is 2.73. The average molecular weight is 397 g/mol. The lowest BCUT2D eigenvalue weighted by atomic mass is 10.2. The number of anilines is 1. The van der Waals surface area contributed by atoms with Crippen molar-refractivity contribution >= 4 is 23.2 Å². The summed E-state index contributed by atoms with van der Waals surface area (Å²) < 4.78 is 13.4. The largest absolute Gasteiger partial charge is 0.368 e. The predicted octanol–water partition coefficient (Wildman–Crippen LogP) is 3.90. The minimum Gasteiger partial charge on any atom is -0.368 e. The maximum absolute atomic E-state index is 13.4. The van der Waals surface area contributed by atoms with Gasteiger partial charge in [0.25, 0.3) is 5.91 Å². The van der Waals surface area contributed by atoms with Gasteiger partial charge in [-0.1, -0.05) is 29.8 Å². The van der Waals surface area contributed by atoms with E-state index in [9.17, 15) is 9.18 Å². The molecule has 0 atom stereocenters. The number of halogens is 2. The highest BCUT2D eigenvalue weighted by atomic mass is 35.5. The van der Waals surface area contributed by atoms with E-state index in [4.69, 9.17) is 11.6 Å². The van der Waals surface area contributed by atoms with Crippen LogP contribution in [0.3, 0.4) is 0 Å². The second kappa shape index (κ2) is 7.94. The van der Waals surface area contributed by atoms with Crippen LogP contribution in [0.2, 0.25) is 5.02 Å². The van der Waals surface area contributed by atoms with E-state index in [0.29, 0.717) is 35.1 Å². The molecule has 0 spiro atoms. The normalized spacial score (nSPS) is 14.2. The Morgan fingerprint density at radius 1 is 0.964 bits per heavy atom. The Bertz CT molecular complexity index is 988. The standard InChI is InChI=1S/C21H18ClFN4O/c22-17-4-2-6-19(12-17)26-7-9-27(10-8-26)21(28)16-13-24-20(25-14-16)15-3-1-5-18(23)11-15/h1-6,11-14H,7-10H2. The second-order valence-electron chi connectivity index (χ2n) is 6.56. The Morgan fingerprint density at radius 3 is 2.36 bits per heavy atom. The summed E-state index contributed by atoms with van der Waals surface area (Å²) in [6.07, 6.45) is 3.00. The number of aromatic nitrogens is 2. The molecule has 0 aliphatic carbocycles. The quantitative estimate of drug-likeness (QED) is 0.673. The first-order valence-corrected chi connectivity index (χ1v) is 9.36. The molecule has 142 valence electrons. The molecule has 0 radical (unpaired) electrons. The molecular weight excluding hydrogens is 379 g/mol. The number of benzene rings is 2. The molecule has 1 saturated heterocycles. The number of nitrogens with zero attached hydrogens (tertiary/aromatic N) is 4. The smallest absolute Gasteiger partial charge is 0.257 e. The molecule has 0 N–H and O–H groups in total. The monoisotopic (exact) mass is 396 g/mol. The zero-order chi connectivity index (χ0) is 19.5. The molecule has 2 aromatic carbocycles. The van der Waals surface area contributed by atoms with E-state index in [2.05, 4.69) is 14.9 Å². The number of carbonyl (C=O) groups excluding carboxylic acids is 1. The molecule has 1 aromatic heterocycles. The SMILES string of the molecule is O=C(c1cnc(-c2cccc(F)c2)nc1)N1CCN(c2cccc(Cl)c2)CC1. The van der Waals surface area contributed by atoms with Crippen molar-refractivity contribution in [3.05, 3.63) is 77.3 Å². The molecule has 1 amide bonds. The molecule has 0 saturated carbocycles. The van der Waals surface area contributed by atoms with Gasteiger partial charge >= 0.3 is 0 Å². The molecule has 3 aromatic rings. The van der Waals surface area contributed by atoms with Crippen molar-refractivity contribution in [3.63, 3.8) is 0 Å². The molecule has 1 aliphatic rings. The summed E-state index contributed by atoms with van der Waals surface area (Å²) >= 11 is 6.06. The van der Waals surface area contributed by atoms with Gasteiger partial charge in [0.2, 0.25) is 0 Å². The molecule has 28 heavy (non-hydrogen) atoms. The van der Waals surface area contributed by atoms with Crippen molar-refractivity contribution in [2.24, 2.45) is 0 Å². The highest BCUT2D eigenvalue weighted by Crippen LogP contribution is 2.21. The Hall–Kier alpha value is -2.99. The Kier molecular flexibility index (Phi) is 5.21. The first kappa shape index (κ1) is 18.4. The lowest BCUT2D eigenvalue weighted by Gasteiger charge is -2.36. The van der Waals surface area contributed by atoms with E-state index in [0.717, 1.165) is 18.8 Å². The van der Waals surface area contributed by atoms with Crippen molar-refractivity contribution in [1.29, 1.82) is 0 Å². The summed E-state index contributed by atoms with van der Waals surface area (Å²) in [4.78, 5) is 25.2. The van der Waals surface area contributed by atoms with Gasteiger partial charge in [0.05, 0.1) is 5.56 Å². The molecule has 1 aliphatic heterocycles. The van der Waals surface area contributed by atoms with Crippen LogP contribution in [0.15, 0.2) is 60.9 Å². The third kappa shape index (κ3) is 3.97. The predicted molar refractivity (Wildman–Crippen MR) is 107 cm³/mol. The van der Waals surface area contributed by atoms with Crippen LogP contribution in [0.25, 0.3) is 11.4 Å². The van der Waals surface area contributed by atoms with Gasteiger partial charge in [0.15, 0.2) is 5.82 Å². The van der Waals surface area contributed by atoms with Gasteiger partial charge in [0.1, 0.15) is 5.82 Å². The lowest BCUT2D eigenvalue weighted by molar-refractivity contribution is 0.0746. The summed E-state index contributed by atoms with van der Waals surface area (Å²) in [5.41, 5.74) is 2.06. The fourth-order valence-corrected chi connectivity index (χ4v) is 3.42. The molecule has 7 heteroatoms. The van der Waals surface area contributed by atoms with Gasteiger partial charge in [-0.25, -0.2) is 14.4 Å². The van der Waals surface area contributed by atoms with Crippen molar-refractivity contribution in [2.75, 3.05) is 31.1 Å². The van der Waals surface area contributed by atoms with Crippen LogP contribution in [0, 0.1) is 5.82 Å². The van der Waals surface area contributed by atoms with E-state index >= 15 is 0 Å². The first-order valence-electron chi connectivity index (χ1n) is 8.98. The van der Waals surface area contributed by atoms with Crippen molar-refractivity contribution in [1.82, 2.24) is 14.9 Å². The van der Waals surface area contributed by atoms with Gasteiger partial charge in [-0.15, -0.1) is 0 Å². The van der Waals surface area contributed by atoms with E-state index in [-0.39, 0.29) is 11.7 Å². The second-order valence-corrected chi connectivity index (χ2v) is 7.00. The number of rotatable bonds is 3. The molecule has 2 heterocycles. The van der Waals surface area contributed by atoms with Gasteiger partial charge in [0, 0.05) is 54.8 Å². The Balaban J connectivity index is 1.41. The third-order valence-corrected chi connectivity index (χ3v) is 4.96. The van der Waals surface area contributed by atoms with Crippen molar-refractivity contribution in [2.45, 2.75) is 0 Å². The molecule has 5 nitrogen and oxygen atoms in total. The van der Waals surface area contributed by atoms with Crippen LogP contribution in [-0.4, -0.2) is 47.0 Å².